The highest BCUT2D eigenvalue weighted by atomic mass is 127. The fourth-order valence-corrected chi connectivity index (χ4v) is 3.17. The Bertz CT molecular complexity index is 882. The Kier molecular flexibility index (Phi) is 9.10. The first-order chi connectivity index (χ1) is 14.2. The van der Waals surface area contributed by atoms with Gasteiger partial charge in [-0.1, -0.05) is 30.3 Å². The highest BCUT2D eigenvalue weighted by Gasteiger charge is 2.34. The van der Waals surface area contributed by atoms with Gasteiger partial charge in [0.05, 0.1) is 24.3 Å². The first kappa shape index (κ1) is 23.7. The summed E-state index contributed by atoms with van der Waals surface area (Å²) >= 11 is 0. The van der Waals surface area contributed by atoms with Crippen LogP contribution in [0.3, 0.4) is 0 Å². The van der Waals surface area contributed by atoms with Crippen LogP contribution in [-0.4, -0.2) is 48.9 Å². The number of guanidine groups is 1. The number of para-hydroxylation sites is 1. The maximum Gasteiger partial charge on any atom is 0.261 e. The second-order valence-electron chi connectivity index (χ2n) is 6.47. The van der Waals surface area contributed by atoms with E-state index in [4.69, 9.17) is 4.74 Å². The third-order valence-electron chi connectivity index (χ3n) is 4.53. The van der Waals surface area contributed by atoms with Crippen LogP contribution in [0.15, 0.2) is 53.5 Å². The molecule has 0 aliphatic carbocycles. The minimum absolute atomic E-state index is 0. The first-order valence-electron chi connectivity index (χ1n) is 9.83. The number of carbonyl (C=O) groups is 2. The molecule has 1 heterocycles. The number of nitrogens with one attached hydrogen (secondary N) is 2. The summed E-state index contributed by atoms with van der Waals surface area (Å²) in [7, 11) is 0. The summed E-state index contributed by atoms with van der Waals surface area (Å²) in [6.45, 7) is 6.36. The van der Waals surface area contributed by atoms with Crippen LogP contribution >= 0.6 is 24.0 Å². The summed E-state index contributed by atoms with van der Waals surface area (Å²) in [6.07, 6.45) is 0. The molecule has 2 amide bonds. The zero-order chi connectivity index (χ0) is 20.6. The SMILES string of the molecule is CCNC(=NCc1ccccc1OCC)NCCN1C(=O)c2ccccc2C1=O.I. The number of amides is 2. The van der Waals surface area contributed by atoms with Crippen LogP contribution in [-0.2, 0) is 6.54 Å². The lowest BCUT2D eigenvalue weighted by Crippen LogP contribution is -2.43. The number of nitrogens with zero attached hydrogens (tertiary/aromatic N) is 2. The number of ether oxygens (including phenoxy) is 1. The Morgan fingerprint density at radius 3 is 2.23 bits per heavy atom. The molecule has 160 valence electrons. The molecule has 0 spiro atoms. The molecule has 1 aliphatic heterocycles. The topological polar surface area (TPSA) is 83.0 Å². The largest absolute Gasteiger partial charge is 0.494 e. The lowest BCUT2D eigenvalue weighted by molar-refractivity contribution is 0.0657. The van der Waals surface area contributed by atoms with Gasteiger partial charge in [0.2, 0.25) is 0 Å². The van der Waals surface area contributed by atoms with Crippen molar-refractivity contribution < 1.29 is 14.3 Å². The number of aliphatic imine (C=N–C) groups is 1. The Morgan fingerprint density at radius 1 is 0.967 bits per heavy atom. The fourth-order valence-electron chi connectivity index (χ4n) is 3.17. The molecule has 1 aliphatic rings. The second-order valence-corrected chi connectivity index (χ2v) is 6.47. The number of rotatable bonds is 8. The lowest BCUT2D eigenvalue weighted by Gasteiger charge is -2.16. The fraction of sp³-hybridized carbons (Fsp3) is 0.318. The van der Waals surface area contributed by atoms with E-state index in [0.29, 0.717) is 43.3 Å². The van der Waals surface area contributed by atoms with Crippen LogP contribution in [0.5, 0.6) is 5.75 Å². The number of fused-ring (bicyclic) bond motifs is 1. The summed E-state index contributed by atoms with van der Waals surface area (Å²) in [5.74, 6) is 0.941. The molecule has 3 rings (SSSR count). The molecule has 0 saturated carbocycles. The Hall–Kier alpha value is -2.62. The number of carbonyl (C=O) groups excluding carboxylic acids is 2. The molecule has 2 N–H and O–H groups in total. The van der Waals surface area contributed by atoms with Crippen LogP contribution < -0.4 is 15.4 Å². The molecule has 0 fully saturated rings. The van der Waals surface area contributed by atoms with Crippen molar-refractivity contribution in [1.29, 1.82) is 0 Å². The molecule has 2 aromatic rings. The second kappa shape index (κ2) is 11.5. The summed E-state index contributed by atoms with van der Waals surface area (Å²) in [6, 6.07) is 14.7. The number of halogens is 1. The normalized spacial score (nSPS) is 13.0. The molecule has 2 aromatic carbocycles. The molecular formula is C22H27IN4O3. The predicted molar refractivity (Wildman–Crippen MR) is 128 cm³/mol. The standard InChI is InChI=1S/C22H26N4O3.HI/c1-3-23-22(25-15-16-9-5-8-12-19(16)29-4-2)24-13-14-26-20(27)17-10-6-7-11-18(17)21(26)28;/h5-12H,3-4,13-15H2,1-2H3,(H2,23,24,25);1H. The molecule has 0 unspecified atom stereocenters. The average Bonchev–Trinajstić information content (AvgIpc) is 2.98. The van der Waals surface area contributed by atoms with E-state index in [1.54, 1.807) is 24.3 Å². The van der Waals surface area contributed by atoms with Gasteiger partial charge in [0.15, 0.2) is 5.96 Å². The zero-order valence-corrected chi connectivity index (χ0v) is 19.5. The molecule has 7 nitrogen and oxygen atoms in total. The monoisotopic (exact) mass is 522 g/mol. The van der Waals surface area contributed by atoms with E-state index in [-0.39, 0.29) is 42.3 Å². The van der Waals surface area contributed by atoms with E-state index >= 15 is 0 Å². The van der Waals surface area contributed by atoms with Crippen molar-refractivity contribution in [2.24, 2.45) is 4.99 Å². The van der Waals surface area contributed by atoms with Gasteiger partial charge in [-0.3, -0.25) is 14.5 Å². The van der Waals surface area contributed by atoms with Crippen molar-refractivity contribution in [3.8, 4) is 5.75 Å². The minimum Gasteiger partial charge on any atom is -0.494 e. The van der Waals surface area contributed by atoms with Crippen molar-refractivity contribution in [3.63, 3.8) is 0 Å². The summed E-state index contributed by atoms with van der Waals surface area (Å²) < 4.78 is 5.64. The molecule has 0 atom stereocenters. The van der Waals surface area contributed by atoms with Crippen molar-refractivity contribution in [2.75, 3.05) is 26.2 Å². The van der Waals surface area contributed by atoms with E-state index in [9.17, 15) is 9.59 Å². The number of benzene rings is 2. The molecule has 8 heteroatoms. The van der Waals surface area contributed by atoms with E-state index in [0.717, 1.165) is 11.3 Å². The Morgan fingerprint density at radius 2 is 1.60 bits per heavy atom. The third-order valence-corrected chi connectivity index (χ3v) is 4.53. The van der Waals surface area contributed by atoms with Gasteiger partial charge in [-0.05, 0) is 32.0 Å². The lowest BCUT2D eigenvalue weighted by atomic mass is 10.1. The highest BCUT2D eigenvalue weighted by Crippen LogP contribution is 2.22. The Labute approximate surface area is 193 Å². The summed E-state index contributed by atoms with van der Waals surface area (Å²) in [5.41, 5.74) is 1.92. The number of hydrogen-bond acceptors (Lipinski definition) is 4. The number of imide groups is 1. The Balaban J connectivity index is 0.00000320. The van der Waals surface area contributed by atoms with Crippen molar-refractivity contribution in [1.82, 2.24) is 15.5 Å². The van der Waals surface area contributed by atoms with Crippen LogP contribution in [0.2, 0.25) is 0 Å². The smallest absolute Gasteiger partial charge is 0.261 e. The van der Waals surface area contributed by atoms with Gasteiger partial charge in [0, 0.05) is 25.2 Å². The molecule has 30 heavy (non-hydrogen) atoms. The van der Waals surface area contributed by atoms with Crippen LogP contribution in [0.25, 0.3) is 0 Å². The molecule has 0 saturated heterocycles. The minimum atomic E-state index is -0.250. The number of hydrogen-bond donors (Lipinski definition) is 2. The average molecular weight is 522 g/mol. The highest BCUT2D eigenvalue weighted by molar-refractivity contribution is 14.0. The van der Waals surface area contributed by atoms with Gasteiger partial charge >= 0.3 is 0 Å². The zero-order valence-electron chi connectivity index (χ0n) is 17.2. The van der Waals surface area contributed by atoms with E-state index in [1.165, 1.54) is 4.90 Å². The predicted octanol–water partition coefficient (Wildman–Crippen LogP) is 3.05. The van der Waals surface area contributed by atoms with E-state index in [2.05, 4.69) is 15.6 Å². The van der Waals surface area contributed by atoms with Gasteiger partial charge in [-0.15, -0.1) is 24.0 Å². The van der Waals surface area contributed by atoms with Crippen LogP contribution in [0, 0.1) is 0 Å². The van der Waals surface area contributed by atoms with Gasteiger partial charge in [0.25, 0.3) is 11.8 Å². The summed E-state index contributed by atoms with van der Waals surface area (Å²) in [5, 5.41) is 6.37. The molecule has 0 radical (unpaired) electrons. The van der Waals surface area contributed by atoms with Gasteiger partial charge in [-0.25, -0.2) is 4.99 Å². The summed E-state index contributed by atoms with van der Waals surface area (Å²) in [4.78, 5) is 30.7. The molecule has 0 aromatic heterocycles. The van der Waals surface area contributed by atoms with Gasteiger partial charge in [-0.2, -0.15) is 0 Å². The van der Waals surface area contributed by atoms with E-state index < -0.39 is 0 Å². The first-order valence-corrected chi connectivity index (χ1v) is 9.83. The van der Waals surface area contributed by atoms with Gasteiger partial charge < -0.3 is 15.4 Å². The van der Waals surface area contributed by atoms with Crippen molar-refractivity contribution >= 4 is 41.8 Å². The van der Waals surface area contributed by atoms with Crippen molar-refractivity contribution in [3.05, 3.63) is 65.2 Å². The molecule has 0 bridgehead atoms. The van der Waals surface area contributed by atoms with Crippen LogP contribution in [0.4, 0.5) is 0 Å². The quantitative estimate of drug-likeness (QED) is 0.241. The maximum atomic E-state index is 12.4. The molecular weight excluding hydrogens is 495 g/mol. The van der Waals surface area contributed by atoms with E-state index in [1.807, 2.05) is 38.1 Å². The maximum absolute atomic E-state index is 12.4. The van der Waals surface area contributed by atoms with Crippen LogP contribution in [0.1, 0.15) is 40.1 Å². The van der Waals surface area contributed by atoms with Gasteiger partial charge in [0.1, 0.15) is 5.75 Å². The third kappa shape index (κ3) is 5.50. The van der Waals surface area contributed by atoms with Crippen molar-refractivity contribution in [2.45, 2.75) is 20.4 Å².